The summed E-state index contributed by atoms with van der Waals surface area (Å²) in [4.78, 5) is 0. The van der Waals surface area contributed by atoms with Crippen molar-refractivity contribution in [3.63, 3.8) is 0 Å². The minimum absolute atomic E-state index is 0.620. The summed E-state index contributed by atoms with van der Waals surface area (Å²) in [7, 11) is 0. The standard InChI is InChI=1S/C6H15NS/c1-6(2)7-4-3-5-8/h6-8H,3-5H2,1-2H3. The molecule has 0 aliphatic rings. The maximum absolute atomic E-state index is 4.08. The van der Waals surface area contributed by atoms with Crippen molar-refractivity contribution in [2.24, 2.45) is 0 Å². The number of thiol groups is 1. The molecule has 1 N–H and O–H groups in total. The van der Waals surface area contributed by atoms with Crippen LogP contribution in [0.1, 0.15) is 20.3 Å². The molecule has 0 atom stereocenters. The number of hydrogen-bond donors (Lipinski definition) is 2. The van der Waals surface area contributed by atoms with Crippen LogP contribution >= 0.6 is 12.6 Å². The van der Waals surface area contributed by atoms with Crippen LogP contribution in [-0.2, 0) is 0 Å². The van der Waals surface area contributed by atoms with Crippen LogP contribution in [0.25, 0.3) is 0 Å². The molecule has 0 aromatic heterocycles. The molecule has 0 aromatic rings. The number of nitrogens with one attached hydrogen (secondary N) is 1. The van der Waals surface area contributed by atoms with E-state index in [1.54, 1.807) is 0 Å². The first-order chi connectivity index (χ1) is 3.77. The summed E-state index contributed by atoms with van der Waals surface area (Å²) in [5, 5.41) is 3.30. The van der Waals surface area contributed by atoms with Gasteiger partial charge in [0.05, 0.1) is 0 Å². The molecule has 0 radical (unpaired) electrons. The highest BCUT2D eigenvalue weighted by Crippen LogP contribution is 1.82. The van der Waals surface area contributed by atoms with Gasteiger partial charge >= 0.3 is 0 Å². The smallest absolute Gasteiger partial charge is 0.00103 e. The molecule has 50 valence electrons. The van der Waals surface area contributed by atoms with Crippen LogP contribution in [0.4, 0.5) is 0 Å². The summed E-state index contributed by atoms with van der Waals surface area (Å²) in [6.45, 7) is 5.40. The van der Waals surface area contributed by atoms with Gasteiger partial charge < -0.3 is 5.32 Å². The van der Waals surface area contributed by atoms with Crippen LogP contribution in [0.15, 0.2) is 0 Å². The second kappa shape index (κ2) is 5.45. The van der Waals surface area contributed by atoms with E-state index in [4.69, 9.17) is 0 Å². The number of rotatable bonds is 4. The quantitative estimate of drug-likeness (QED) is 0.435. The Kier molecular flexibility index (Phi) is 5.66. The largest absolute Gasteiger partial charge is 0.315 e. The summed E-state index contributed by atoms with van der Waals surface area (Å²) < 4.78 is 0. The molecule has 8 heavy (non-hydrogen) atoms. The molecule has 1 nitrogen and oxygen atoms in total. The molecule has 0 fully saturated rings. The lowest BCUT2D eigenvalue weighted by Crippen LogP contribution is -2.23. The Morgan fingerprint density at radius 3 is 2.50 bits per heavy atom. The summed E-state index contributed by atoms with van der Waals surface area (Å²) in [5.74, 6) is 0.986. The molecular formula is C6H15NS. The van der Waals surface area contributed by atoms with Gasteiger partial charge in [0.1, 0.15) is 0 Å². The van der Waals surface area contributed by atoms with Crippen molar-refractivity contribution in [3.05, 3.63) is 0 Å². The van der Waals surface area contributed by atoms with E-state index in [1.165, 1.54) is 6.42 Å². The van der Waals surface area contributed by atoms with E-state index in [9.17, 15) is 0 Å². The average Bonchev–Trinajstić information content (AvgIpc) is 1.66. The minimum Gasteiger partial charge on any atom is -0.315 e. The van der Waals surface area contributed by atoms with Crippen LogP contribution in [-0.4, -0.2) is 18.3 Å². The highest BCUT2D eigenvalue weighted by Gasteiger charge is 1.87. The second-order valence-electron chi connectivity index (χ2n) is 2.19. The van der Waals surface area contributed by atoms with Gasteiger partial charge in [-0.05, 0) is 18.7 Å². The molecule has 0 aromatic carbocycles. The van der Waals surface area contributed by atoms with Gasteiger partial charge in [-0.2, -0.15) is 12.6 Å². The molecule has 0 aliphatic carbocycles. The van der Waals surface area contributed by atoms with Crippen LogP contribution in [0.2, 0.25) is 0 Å². The Hall–Kier alpha value is 0.310. The Bertz CT molecular complexity index is 45.8. The van der Waals surface area contributed by atoms with Crippen LogP contribution in [0.3, 0.4) is 0 Å². The first-order valence-electron chi connectivity index (χ1n) is 3.11. The maximum Gasteiger partial charge on any atom is 0.00103 e. The van der Waals surface area contributed by atoms with Crippen molar-refractivity contribution < 1.29 is 0 Å². The summed E-state index contributed by atoms with van der Waals surface area (Å²) in [5.41, 5.74) is 0. The van der Waals surface area contributed by atoms with E-state index in [2.05, 4.69) is 31.8 Å². The Labute approximate surface area is 57.3 Å². The highest BCUT2D eigenvalue weighted by atomic mass is 32.1. The van der Waals surface area contributed by atoms with Crippen LogP contribution < -0.4 is 5.32 Å². The lowest BCUT2D eigenvalue weighted by atomic mass is 10.4. The van der Waals surface area contributed by atoms with Crippen LogP contribution in [0.5, 0.6) is 0 Å². The Morgan fingerprint density at radius 2 is 2.12 bits per heavy atom. The fourth-order valence-corrected chi connectivity index (χ4v) is 0.628. The fraction of sp³-hybridized carbons (Fsp3) is 1.00. The van der Waals surface area contributed by atoms with Gasteiger partial charge in [-0.25, -0.2) is 0 Å². The summed E-state index contributed by atoms with van der Waals surface area (Å²) in [6, 6.07) is 0.620. The zero-order valence-electron chi connectivity index (χ0n) is 5.65. The molecule has 0 rings (SSSR count). The van der Waals surface area contributed by atoms with E-state index in [0.29, 0.717) is 6.04 Å². The lowest BCUT2D eigenvalue weighted by molar-refractivity contribution is 0.586. The third-order valence-corrected chi connectivity index (χ3v) is 1.20. The zero-order chi connectivity index (χ0) is 6.41. The molecule has 0 bridgehead atoms. The monoisotopic (exact) mass is 133 g/mol. The minimum atomic E-state index is 0.620. The fourth-order valence-electron chi connectivity index (χ4n) is 0.470. The van der Waals surface area contributed by atoms with Crippen molar-refractivity contribution in [1.29, 1.82) is 0 Å². The van der Waals surface area contributed by atoms with Gasteiger partial charge in [-0.3, -0.25) is 0 Å². The van der Waals surface area contributed by atoms with E-state index < -0.39 is 0 Å². The molecule has 0 unspecified atom stereocenters. The third kappa shape index (κ3) is 6.31. The second-order valence-corrected chi connectivity index (χ2v) is 2.63. The summed E-state index contributed by atoms with van der Waals surface area (Å²) in [6.07, 6.45) is 1.17. The molecule has 0 spiro atoms. The van der Waals surface area contributed by atoms with E-state index in [0.717, 1.165) is 12.3 Å². The zero-order valence-corrected chi connectivity index (χ0v) is 6.54. The topological polar surface area (TPSA) is 12.0 Å². The Balaban J connectivity index is 2.72. The van der Waals surface area contributed by atoms with E-state index in [-0.39, 0.29) is 0 Å². The molecular weight excluding hydrogens is 118 g/mol. The lowest BCUT2D eigenvalue weighted by Gasteiger charge is -2.04. The van der Waals surface area contributed by atoms with Gasteiger partial charge in [0, 0.05) is 6.04 Å². The normalized spacial score (nSPS) is 10.5. The predicted octanol–water partition coefficient (Wildman–Crippen LogP) is 1.30. The van der Waals surface area contributed by atoms with Gasteiger partial charge in [-0.15, -0.1) is 0 Å². The SMILES string of the molecule is CC(C)NCCCS. The number of hydrogen-bond acceptors (Lipinski definition) is 2. The molecule has 0 saturated carbocycles. The average molecular weight is 133 g/mol. The van der Waals surface area contributed by atoms with Gasteiger partial charge in [-0.1, -0.05) is 13.8 Å². The first-order valence-corrected chi connectivity index (χ1v) is 3.75. The molecule has 0 heterocycles. The predicted molar refractivity (Wildman–Crippen MR) is 41.6 cm³/mol. The van der Waals surface area contributed by atoms with Crippen molar-refractivity contribution in [1.82, 2.24) is 5.32 Å². The van der Waals surface area contributed by atoms with E-state index >= 15 is 0 Å². The highest BCUT2D eigenvalue weighted by molar-refractivity contribution is 7.80. The van der Waals surface area contributed by atoms with Gasteiger partial charge in [0.2, 0.25) is 0 Å². The summed E-state index contributed by atoms with van der Waals surface area (Å²) >= 11 is 4.08. The third-order valence-electron chi connectivity index (χ3n) is 0.887. The van der Waals surface area contributed by atoms with Crippen molar-refractivity contribution in [3.8, 4) is 0 Å². The molecule has 0 aliphatic heterocycles. The van der Waals surface area contributed by atoms with Gasteiger partial charge in [0.15, 0.2) is 0 Å². The molecule has 2 heteroatoms. The van der Waals surface area contributed by atoms with Crippen molar-refractivity contribution in [2.75, 3.05) is 12.3 Å². The first kappa shape index (κ1) is 8.31. The molecule has 0 amide bonds. The van der Waals surface area contributed by atoms with E-state index in [1.807, 2.05) is 0 Å². The van der Waals surface area contributed by atoms with Crippen LogP contribution in [0, 0.1) is 0 Å². The Morgan fingerprint density at radius 1 is 1.50 bits per heavy atom. The van der Waals surface area contributed by atoms with Crippen molar-refractivity contribution >= 4 is 12.6 Å². The van der Waals surface area contributed by atoms with Crippen molar-refractivity contribution in [2.45, 2.75) is 26.3 Å². The molecule has 0 saturated heterocycles. The van der Waals surface area contributed by atoms with Gasteiger partial charge in [0.25, 0.3) is 0 Å². The maximum atomic E-state index is 4.08.